The SMILES string of the molecule is Cc1cccc(C2CC(C(=O)NCCc3ccccn3)CN(C(=O)C3CCCC3)C2)c1. The van der Waals surface area contributed by atoms with Crippen molar-refractivity contribution in [1.82, 2.24) is 15.2 Å². The number of carbonyl (C=O) groups is 2. The molecule has 1 saturated heterocycles. The third-order valence-corrected chi connectivity index (χ3v) is 6.76. The van der Waals surface area contributed by atoms with Gasteiger partial charge in [-0.25, -0.2) is 0 Å². The normalized spacial score (nSPS) is 21.8. The number of likely N-dealkylation sites (tertiary alicyclic amines) is 1. The number of aromatic nitrogens is 1. The topological polar surface area (TPSA) is 62.3 Å². The molecule has 5 heteroatoms. The first kappa shape index (κ1) is 21.5. The van der Waals surface area contributed by atoms with E-state index >= 15 is 0 Å². The number of hydrogen-bond donors (Lipinski definition) is 1. The fourth-order valence-corrected chi connectivity index (χ4v) is 5.07. The second-order valence-electron chi connectivity index (χ2n) is 9.13. The van der Waals surface area contributed by atoms with Gasteiger partial charge in [0.15, 0.2) is 0 Å². The maximum absolute atomic E-state index is 13.2. The maximum atomic E-state index is 13.2. The molecule has 2 unspecified atom stereocenters. The molecular weight excluding hydrogens is 386 g/mol. The molecular formula is C26H33N3O2. The van der Waals surface area contributed by atoms with Crippen LogP contribution in [0.15, 0.2) is 48.7 Å². The van der Waals surface area contributed by atoms with Crippen LogP contribution in [-0.4, -0.2) is 41.3 Å². The number of piperidine rings is 1. The minimum atomic E-state index is -0.173. The average molecular weight is 420 g/mol. The molecule has 4 rings (SSSR count). The summed E-state index contributed by atoms with van der Waals surface area (Å²) in [6.45, 7) is 3.91. The van der Waals surface area contributed by atoms with Crippen molar-refractivity contribution >= 4 is 11.8 Å². The molecule has 1 aromatic heterocycles. The number of nitrogens with zero attached hydrogens (tertiary/aromatic N) is 2. The van der Waals surface area contributed by atoms with Gasteiger partial charge in [0.2, 0.25) is 11.8 Å². The molecule has 0 radical (unpaired) electrons. The molecule has 2 aliphatic rings. The standard InChI is InChI=1S/C26H33N3O2/c1-19-7-6-10-21(15-19)22-16-23(18-29(17-22)26(31)20-8-2-3-9-20)25(30)28-14-12-24-11-4-5-13-27-24/h4-7,10-11,13,15,20,22-23H,2-3,8-9,12,14,16-18H2,1H3,(H,28,30). The molecule has 2 heterocycles. The van der Waals surface area contributed by atoms with Gasteiger partial charge in [0, 0.05) is 49.8 Å². The lowest BCUT2D eigenvalue weighted by Crippen LogP contribution is -2.49. The predicted octanol–water partition coefficient (Wildman–Crippen LogP) is 3.87. The number of aryl methyl sites for hydroxylation is 1. The fraction of sp³-hybridized carbons (Fsp3) is 0.500. The summed E-state index contributed by atoms with van der Waals surface area (Å²) in [5.74, 6) is 0.474. The Morgan fingerprint density at radius 3 is 2.65 bits per heavy atom. The van der Waals surface area contributed by atoms with Gasteiger partial charge in [-0.1, -0.05) is 48.7 Å². The maximum Gasteiger partial charge on any atom is 0.225 e. The smallest absolute Gasteiger partial charge is 0.225 e. The molecule has 2 fully saturated rings. The zero-order valence-electron chi connectivity index (χ0n) is 18.4. The van der Waals surface area contributed by atoms with Crippen LogP contribution in [0.3, 0.4) is 0 Å². The molecule has 2 atom stereocenters. The first-order chi connectivity index (χ1) is 15.1. The summed E-state index contributed by atoms with van der Waals surface area (Å²) in [7, 11) is 0. The van der Waals surface area contributed by atoms with Crippen molar-refractivity contribution in [2.24, 2.45) is 11.8 Å². The summed E-state index contributed by atoms with van der Waals surface area (Å²) >= 11 is 0. The number of rotatable bonds is 6. The molecule has 0 bridgehead atoms. The van der Waals surface area contributed by atoms with Crippen molar-refractivity contribution in [2.75, 3.05) is 19.6 Å². The van der Waals surface area contributed by atoms with E-state index in [9.17, 15) is 9.59 Å². The van der Waals surface area contributed by atoms with E-state index in [1.165, 1.54) is 11.1 Å². The lowest BCUT2D eigenvalue weighted by Gasteiger charge is -2.38. The lowest BCUT2D eigenvalue weighted by atomic mass is 9.83. The molecule has 164 valence electrons. The van der Waals surface area contributed by atoms with E-state index < -0.39 is 0 Å². The van der Waals surface area contributed by atoms with Gasteiger partial charge in [0.25, 0.3) is 0 Å². The molecule has 1 aliphatic heterocycles. The summed E-state index contributed by atoms with van der Waals surface area (Å²) < 4.78 is 0. The van der Waals surface area contributed by atoms with Crippen LogP contribution in [0.4, 0.5) is 0 Å². The van der Waals surface area contributed by atoms with Crippen molar-refractivity contribution in [1.29, 1.82) is 0 Å². The highest BCUT2D eigenvalue weighted by Crippen LogP contribution is 2.34. The van der Waals surface area contributed by atoms with E-state index in [-0.39, 0.29) is 29.6 Å². The number of pyridine rings is 1. The monoisotopic (exact) mass is 419 g/mol. The molecule has 1 aromatic carbocycles. The summed E-state index contributed by atoms with van der Waals surface area (Å²) in [6, 6.07) is 14.3. The number of carbonyl (C=O) groups excluding carboxylic acids is 2. The predicted molar refractivity (Wildman–Crippen MR) is 122 cm³/mol. The minimum Gasteiger partial charge on any atom is -0.355 e. The molecule has 1 saturated carbocycles. The van der Waals surface area contributed by atoms with Gasteiger partial charge in [0.1, 0.15) is 0 Å². The van der Waals surface area contributed by atoms with Gasteiger partial charge in [-0.2, -0.15) is 0 Å². The van der Waals surface area contributed by atoms with Crippen LogP contribution in [-0.2, 0) is 16.0 Å². The van der Waals surface area contributed by atoms with E-state index in [1.807, 2.05) is 23.1 Å². The number of nitrogens with one attached hydrogen (secondary N) is 1. The molecule has 1 N–H and O–H groups in total. The zero-order valence-corrected chi connectivity index (χ0v) is 18.4. The molecule has 5 nitrogen and oxygen atoms in total. The van der Waals surface area contributed by atoms with Crippen LogP contribution in [0.25, 0.3) is 0 Å². The van der Waals surface area contributed by atoms with Gasteiger partial charge in [0.05, 0.1) is 5.92 Å². The van der Waals surface area contributed by atoms with E-state index in [2.05, 4.69) is 41.5 Å². The van der Waals surface area contributed by atoms with Gasteiger partial charge >= 0.3 is 0 Å². The first-order valence-electron chi connectivity index (χ1n) is 11.6. The Labute approximate surface area is 185 Å². The summed E-state index contributed by atoms with van der Waals surface area (Å²) in [5.41, 5.74) is 3.42. The first-order valence-corrected chi connectivity index (χ1v) is 11.6. The fourth-order valence-electron chi connectivity index (χ4n) is 5.07. The van der Waals surface area contributed by atoms with Crippen molar-refractivity contribution in [3.63, 3.8) is 0 Å². The highest BCUT2D eigenvalue weighted by atomic mass is 16.2. The summed E-state index contributed by atoms with van der Waals surface area (Å²) in [5, 5.41) is 3.10. The van der Waals surface area contributed by atoms with Crippen LogP contribution in [0.5, 0.6) is 0 Å². The number of amides is 2. The Morgan fingerprint density at radius 2 is 1.90 bits per heavy atom. The molecule has 1 aliphatic carbocycles. The van der Waals surface area contributed by atoms with E-state index in [1.54, 1.807) is 6.20 Å². The Morgan fingerprint density at radius 1 is 1.06 bits per heavy atom. The molecule has 31 heavy (non-hydrogen) atoms. The third-order valence-electron chi connectivity index (χ3n) is 6.76. The van der Waals surface area contributed by atoms with E-state index in [0.29, 0.717) is 19.5 Å². The Balaban J connectivity index is 1.44. The second kappa shape index (κ2) is 10.1. The van der Waals surface area contributed by atoms with Crippen LogP contribution in [0, 0.1) is 18.8 Å². The van der Waals surface area contributed by atoms with Crippen LogP contribution in [0.2, 0.25) is 0 Å². The largest absolute Gasteiger partial charge is 0.355 e. The van der Waals surface area contributed by atoms with E-state index in [0.717, 1.165) is 44.3 Å². The van der Waals surface area contributed by atoms with Crippen molar-refractivity contribution in [2.45, 2.75) is 51.4 Å². The Kier molecular flexibility index (Phi) is 7.00. The Hall–Kier alpha value is -2.69. The molecule has 2 aromatic rings. The van der Waals surface area contributed by atoms with Crippen molar-refractivity contribution in [3.05, 3.63) is 65.5 Å². The lowest BCUT2D eigenvalue weighted by molar-refractivity contribution is -0.139. The Bertz CT molecular complexity index is 893. The molecule has 2 amide bonds. The van der Waals surface area contributed by atoms with Gasteiger partial charge < -0.3 is 10.2 Å². The number of benzene rings is 1. The van der Waals surface area contributed by atoms with Crippen molar-refractivity contribution in [3.8, 4) is 0 Å². The minimum absolute atomic E-state index is 0.0532. The average Bonchev–Trinajstić information content (AvgIpc) is 3.34. The van der Waals surface area contributed by atoms with Gasteiger partial charge in [-0.05, 0) is 43.9 Å². The zero-order chi connectivity index (χ0) is 21.6. The van der Waals surface area contributed by atoms with Gasteiger partial charge in [-0.15, -0.1) is 0 Å². The van der Waals surface area contributed by atoms with Crippen LogP contribution < -0.4 is 5.32 Å². The molecule has 0 spiro atoms. The third kappa shape index (κ3) is 5.52. The number of hydrogen-bond acceptors (Lipinski definition) is 3. The highest BCUT2D eigenvalue weighted by Gasteiger charge is 2.37. The quantitative estimate of drug-likeness (QED) is 0.773. The van der Waals surface area contributed by atoms with E-state index in [4.69, 9.17) is 0 Å². The highest BCUT2D eigenvalue weighted by molar-refractivity contribution is 5.82. The van der Waals surface area contributed by atoms with Crippen molar-refractivity contribution < 1.29 is 9.59 Å². The van der Waals surface area contributed by atoms with Crippen LogP contribution >= 0.6 is 0 Å². The summed E-state index contributed by atoms with van der Waals surface area (Å²) in [4.78, 5) is 32.6. The van der Waals surface area contributed by atoms with Crippen LogP contribution in [0.1, 0.15) is 54.8 Å². The van der Waals surface area contributed by atoms with Gasteiger partial charge in [-0.3, -0.25) is 14.6 Å². The summed E-state index contributed by atoms with van der Waals surface area (Å²) in [6.07, 6.45) is 7.54. The second-order valence-corrected chi connectivity index (χ2v) is 9.13.